The number of nitrogens with one attached hydrogen (secondary N) is 1. The Bertz CT molecular complexity index is 900. The van der Waals surface area contributed by atoms with Crippen molar-refractivity contribution in [3.05, 3.63) is 63.1 Å². The van der Waals surface area contributed by atoms with Crippen molar-refractivity contribution in [1.29, 1.82) is 0 Å². The molecule has 0 radical (unpaired) electrons. The Kier molecular flexibility index (Phi) is 7.90. The van der Waals surface area contributed by atoms with E-state index < -0.39 is 17.9 Å². The Labute approximate surface area is 176 Å². The number of halogens is 2. The van der Waals surface area contributed by atoms with Crippen LogP contribution in [0, 0.1) is 0 Å². The number of carbonyl (C=O) groups excluding carboxylic acids is 1. The number of hydrogen-bond donors (Lipinski definition) is 2. The van der Waals surface area contributed by atoms with Crippen LogP contribution in [0.25, 0.3) is 6.08 Å². The molecule has 0 aromatic heterocycles. The molecule has 0 aliphatic heterocycles. The van der Waals surface area contributed by atoms with E-state index >= 15 is 0 Å². The number of methoxy groups -OCH3 is 1. The van der Waals surface area contributed by atoms with Crippen LogP contribution in [-0.4, -0.2) is 30.1 Å². The van der Waals surface area contributed by atoms with Crippen molar-refractivity contribution in [2.75, 3.05) is 7.11 Å². The number of aliphatic carboxylic acids is 1. The molecule has 0 bridgehead atoms. The second-order valence-corrected chi connectivity index (χ2v) is 7.08. The largest absolute Gasteiger partial charge is 0.493 e. The van der Waals surface area contributed by atoms with Gasteiger partial charge in [0.25, 0.3) is 0 Å². The Hall–Kier alpha value is -2.51. The summed E-state index contributed by atoms with van der Waals surface area (Å²) in [6, 6.07) is 9.87. The van der Waals surface area contributed by atoms with E-state index in [1.165, 1.54) is 20.1 Å². The van der Waals surface area contributed by atoms with Crippen molar-refractivity contribution >= 4 is 45.5 Å². The highest BCUT2D eigenvalue weighted by Crippen LogP contribution is 2.37. The molecule has 2 aromatic rings. The van der Waals surface area contributed by atoms with Crippen LogP contribution in [0.1, 0.15) is 18.1 Å². The SMILES string of the molecule is COc1cc(/C=C/C(=O)NC(C)C(=O)O)cc(Br)c1OCc1ccccc1Cl. The Morgan fingerprint density at radius 2 is 2.04 bits per heavy atom. The van der Waals surface area contributed by atoms with E-state index in [4.69, 9.17) is 26.2 Å². The average molecular weight is 469 g/mol. The molecule has 6 nitrogen and oxygen atoms in total. The molecule has 1 unspecified atom stereocenters. The minimum absolute atomic E-state index is 0.263. The molecule has 1 atom stereocenters. The second-order valence-electron chi connectivity index (χ2n) is 5.82. The molecule has 0 spiro atoms. The van der Waals surface area contributed by atoms with Gasteiger partial charge < -0.3 is 19.9 Å². The van der Waals surface area contributed by atoms with Crippen LogP contribution in [0.5, 0.6) is 11.5 Å². The molecule has 0 saturated heterocycles. The van der Waals surface area contributed by atoms with Crippen LogP contribution in [0.3, 0.4) is 0 Å². The van der Waals surface area contributed by atoms with Gasteiger partial charge in [-0.3, -0.25) is 9.59 Å². The standard InChI is InChI=1S/C20H19BrClNO5/c1-12(20(25)26)23-18(24)8-7-13-9-15(21)19(17(10-13)27-2)28-11-14-5-3-4-6-16(14)22/h3-10,12H,11H2,1-2H3,(H,23,24)(H,25,26)/b8-7+. The monoisotopic (exact) mass is 467 g/mol. The maximum Gasteiger partial charge on any atom is 0.325 e. The van der Waals surface area contributed by atoms with Gasteiger partial charge in [-0.25, -0.2) is 0 Å². The number of carboxylic acid groups (broad SMARTS) is 1. The van der Waals surface area contributed by atoms with E-state index in [9.17, 15) is 9.59 Å². The molecule has 0 saturated carbocycles. The summed E-state index contributed by atoms with van der Waals surface area (Å²) in [6.45, 7) is 1.65. The lowest BCUT2D eigenvalue weighted by Gasteiger charge is -2.14. The van der Waals surface area contributed by atoms with Gasteiger partial charge in [0.05, 0.1) is 11.6 Å². The molecule has 0 heterocycles. The van der Waals surface area contributed by atoms with Crippen LogP contribution in [-0.2, 0) is 16.2 Å². The molecule has 148 valence electrons. The fourth-order valence-corrected chi connectivity index (χ4v) is 3.00. The van der Waals surface area contributed by atoms with E-state index in [1.807, 2.05) is 18.2 Å². The highest BCUT2D eigenvalue weighted by atomic mass is 79.9. The zero-order valence-corrected chi connectivity index (χ0v) is 17.6. The summed E-state index contributed by atoms with van der Waals surface area (Å²) in [5, 5.41) is 11.8. The second kappa shape index (κ2) is 10.1. The van der Waals surface area contributed by atoms with Crippen LogP contribution >= 0.6 is 27.5 Å². The van der Waals surface area contributed by atoms with Gasteiger partial charge >= 0.3 is 5.97 Å². The first-order valence-electron chi connectivity index (χ1n) is 8.27. The Morgan fingerprint density at radius 1 is 1.32 bits per heavy atom. The van der Waals surface area contributed by atoms with E-state index in [2.05, 4.69) is 21.2 Å². The topological polar surface area (TPSA) is 84.9 Å². The van der Waals surface area contributed by atoms with Crippen molar-refractivity contribution in [2.45, 2.75) is 19.6 Å². The smallest absolute Gasteiger partial charge is 0.325 e. The predicted octanol–water partition coefficient (Wildman–Crippen LogP) is 4.29. The minimum atomic E-state index is -1.11. The molecule has 28 heavy (non-hydrogen) atoms. The lowest BCUT2D eigenvalue weighted by molar-refractivity contribution is -0.140. The number of rotatable bonds is 8. The van der Waals surface area contributed by atoms with Crippen molar-refractivity contribution in [3.63, 3.8) is 0 Å². The molecule has 2 aromatic carbocycles. The molecule has 8 heteroatoms. The summed E-state index contributed by atoms with van der Waals surface area (Å²) in [5.74, 6) is -0.640. The molecule has 0 aliphatic carbocycles. The van der Waals surface area contributed by atoms with E-state index in [-0.39, 0.29) is 6.61 Å². The van der Waals surface area contributed by atoms with Gasteiger partial charge in [0, 0.05) is 16.7 Å². The predicted molar refractivity (Wildman–Crippen MR) is 111 cm³/mol. The number of benzene rings is 2. The lowest BCUT2D eigenvalue weighted by Crippen LogP contribution is -2.37. The van der Waals surface area contributed by atoms with Gasteiger partial charge in [-0.1, -0.05) is 29.8 Å². The number of carboxylic acids is 1. The fourth-order valence-electron chi connectivity index (χ4n) is 2.24. The van der Waals surface area contributed by atoms with Gasteiger partial charge in [-0.05, 0) is 52.7 Å². The third-order valence-corrected chi connectivity index (χ3v) is 4.70. The zero-order chi connectivity index (χ0) is 20.7. The molecule has 2 rings (SSSR count). The number of amides is 1. The highest BCUT2D eigenvalue weighted by molar-refractivity contribution is 9.10. The molecular formula is C20H19BrClNO5. The fraction of sp³-hybridized carbons (Fsp3) is 0.200. The molecular weight excluding hydrogens is 450 g/mol. The lowest BCUT2D eigenvalue weighted by atomic mass is 10.1. The summed E-state index contributed by atoms with van der Waals surface area (Å²) >= 11 is 9.60. The first-order chi connectivity index (χ1) is 13.3. The summed E-state index contributed by atoms with van der Waals surface area (Å²) in [6.07, 6.45) is 2.81. The third-order valence-electron chi connectivity index (χ3n) is 3.74. The maximum absolute atomic E-state index is 11.8. The van der Waals surface area contributed by atoms with Crippen LogP contribution < -0.4 is 14.8 Å². The number of carbonyl (C=O) groups is 2. The Balaban J connectivity index is 2.14. The average Bonchev–Trinajstić information content (AvgIpc) is 2.66. The molecule has 0 aliphatic rings. The van der Waals surface area contributed by atoms with Crippen LogP contribution in [0.4, 0.5) is 0 Å². The van der Waals surface area contributed by atoms with Gasteiger partial charge in [-0.2, -0.15) is 0 Å². The third kappa shape index (κ3) is 6.00. The van der Waals surface area contributed by atoms with Crippen molar-refractivity contribution in [2.24, 2.45) is 0 Å². The molecule has 1 amide bonds. The summed E-state index contributed by atoms with van der Waals surface area (Å²) < 4.78 is 11.9. The van der Waals surface area contributed by atoms with E-state index in [1.54, 1.807) is 24.3 Å². The summed E-state index contributed by atoms with van der Waals surface area (Å²) in [5.41, 5.74) is 1.51. The van der Waals surface area contributed by atoms with Crippen LogP contribution in [0.2, 0.25) is 5.02 Å². The zero-order valence-electron chi connectivity index (χ0n) is 15.2. The minimum Gasteiger partial charge on any atom is -0.493 e. The van der Waals surface area contributed by atoms with Crippen molar-refractivity contribution in [3.8, 4) is 11.5 Å². The summed E-state index contributed by atoms with van der Waals surface area (Å²) in [7, 11) is 1.51. The van der Waals surface area contributed by atoms with Crippen molar-refractivity contribution in [1.82, 2.24) is 5.32 Å². The van der Waals surface area contributed by atoms with Gasteiger partial charge in [0.1, 0.15) is 12.6 Å². The number of hydrogen-bond acceptors (Lipinski definition) is 4. The molecule has 2 N–H and O–H groups in total. The maximum atomic E-state index is 11.8. The molecule has 0 fully saturated rings. The number of ether oxygens (including phenoxy) is 2. The summed E-state index contributed by atoms with van der Waals surface area (Å²) in [4.78, 5) is 22.6. The van der Waals surface area contributed by atoms with Gasteiger partial charge in [-0.15, -0.1) is 0 Å². The van der Waals surface area contributed by atoms with Crippen LogP contribution in [0.15, 0.2) is 46.9 Å². The van der Waals surface area contributed by atoms with E-state index in [0.29, 0.717) is 26.6 Å². The highest BCUT2D eigenvalue weighted by Gasteiger charge is 2.14. The first kappa shape index (κ1) is 21.8. The Morgan fingerprint density at radius 3 is 2.68 bits per heavy atom. The van der Waals surface area contributed by atoms with Crippen molar-refractivity contribution < 1.29 is 24.2 Å². The quantitative estimate of drug-likeness (QED) is 0.565. The van der Waals surface area contributed by atoms with E-state index in [0.717, 1.165) is 5.56 Å². The van der Waals surface area contributed by atoms with Gasteiger partial charge in [0.15, 0.2) is 11.5 Å². The normalized spacial score (nSPS) is 11.9. The first-order valence-corrected chi connectivity index (χ1v) is 9.44. The van der Waals surface area contributed by atoms with Gasteiger partial charge in [0.2, 0.25) is 5.91 Å².